The Morgan fingerprint density at radius 3 is 2.94 bits per heavy atom. The molecule has 1 heterocycles. The second kappa shape index (κ2) is 5.27. The molecule has 1 aromatic rings. The third-order valence-corrected chi connectivity index (χ3v) is 2.85. The second-order valence-electron chi connectivity index (χ2n) is 4.42. The van der Waals surface area contributed by atoms with Gasteiger partial charge in [-0.3, -0.25) is 0 Å². The van der Waals surface area contributed by atoms with Crippen LogP contribution in [0, 0.1) is 6.92 Å². The van der Waals surface area contributed by atoms with E-state index in [0.717, 1.165) is 16.9 Å². The van der Waals surface area contributed by atoms with E-state index >= 15 is 0 Å². The van der Waals surface area contributed by atoms with E-state index in [2.05, 4.69) is 5.32 Å². The van der Waals surface area contributed by atoms with Crippen molar-refractivity contribution in [2.45, 2.75) is 26.1 Å². The molecule has 0 aliphatic carbocycles. The Morgan fingerprint density at radius 2 is 2.39 bits per heavy atom. The van der Waals surface area contributed by atoms with Crippen LogP contribution >= 0.6 is 0 Å². The van der Waals surface area contributed by atoms with Gasteiger partial charge in [0.05, 0.1) is 12.6 Å². The summed E-state index contributed by atoms with van der Waals surface area (Å²) in [6.45, 7) is 4.44. The Hall–Kier alpha value is -1.75. The Kier molecular flexibility index (Phi) is 3.72. The van der Waals surface area contributed by atoms with Crippen molar-refractivity contribution >= 4 is 6.09 Å². The Balaban J connectivity index is 1.95. The van der Waals surface area contributed by atoms with Crippen LogP contribution in [0.4, 0.5) is 4.79 Å². The van der Waals surface area contributed by atoms with Gasteiger partial charge in [-0.1, -0.05) is 6.07 Å². The summed E-state index contributed by atoms with van der Waals surface area (Å²) in [6, 6.07) is 5.53. The molecule has 1 aliphatic rings. The summed E-state index contributed by atoms with van der Waals surface area (Å²) in [4.78, 5) is 10.8. The quantitative estimate of drug-likeness (QED) is 0.851. The minimum absolute atomic E-state index is 0.242. The lowest BCUT2D eigenvalue weighted by Crippen LogP contribution is -2.22. The van der Waals surface area contributed by atoms with Crippen molar-refractivity contribution in [3.05, 3.63) is 29.3 Å². The number of ether oxygens (including phenoxy) is 2. The van der Waals surface area contributed by atoms with Crippen LogP contribution in [0.3, 0.4) is 0 Å². The van der Waals surface area contributed by atoms with E-state index in [1.165, 1.54) is 0 Å². The number of aliphatic hydroxyl groups excluding tert-OH is 1. The van der Waals surface area contributed by atoms with Crippen molar-refractivity contribution in [3.8, 4) is 5.75 Å². The number of cyclic esters (lactones) is 1. The highest BCUT2D eigenvalue weighted by Crippen LogP contribution is 2.23. The highest BCUT2D eigenvalue weighted by molar-refractivity contribution is 5.69. The number of nitrogens with one attached hydrogen (secondary N) is 1. The number of benzene rings is 1. The summed E-state index contributed by atoms with van der Waals surface area (Å²) in [5.74, 6) is 0.738. The smallest absolute Gasteiger partial charge is 0.407 e. The number of rotatable bonds is 4. The van der Waals surface area contributed by atoms with Gasteiger partial charge in [0.15, 0.2) is 6.10 Å². The van der Waals surface area contributed by atoms with Gasteiger partial charge in [0.1, 0.15) is 12.4 Å². The van der Waals surface area contributed by atoms with E-state index in [9.17, 15) is 9.90 Å². The van der Waals surface area contributed by atoms with E-state index in [0.29, 0.717) is 13.2 Å². The lowest BCUT2D eigenvalue weighted by Gasteiger charge is -2.14. The van der Waals surface area contributed by atoms with Crippen LogP contribution in [0.1, 0.15) is 24.2 Å². The molecule has 5 heteroatoms. The van der Waals surface area contributed by atoms with Crippen molar-refractivity contribution in [1.29, 1.82) is 0 Å². The van der Waals surface area contributed by atoms with E-state index in [-0.39, 0.29) is 6.10 Å². The monoisotopic (exact) mass is 251 g/mol. The zero-order valence-electron chi connectivity index (χ0n) is 10.5. The van der Waals surface area contributed by atoms with Crippen LogP contribution in [-0.2, 0) is 4.74 Å². The van der Waals surface area contributed by atoms with Crippen LogP contribution in [0.5, 0.6) is 5.75 Å². The van der Waals surface area contributed by atoms with Gasteiger partial charge in [-0.05, 0) is 37.1 Å². The minimum atomic E-state index is -0.488. The molecule has 0 bridgehead atoms. The third kappa shape index (κ3) is 2.92. The van der Waals surface area contributed by atoms with E-state index in [1.807, 2.05) is 25.1 Å². The molecule has 0 saturated carbocycles. The summed E-state index contributed by atoms with van der Waals surface area (Å²) >= 11 is 0. The Morgan fingerprint density at radius 1 is 1.61 bits per heavy atom. The maximum Gasteiger partial charge on any atom is 0.407 e. The summed E-state index contributed by atoms with van der Waals surface area (Å²) in [6.07, 6.45) is -1.13. The van der Waals surface area contributed by atoms with Crippen LogP contribution in [-0.4, -0.2) is 30.5 Å². The van der Waals surface area contributed by atoms with Crippen molar-refractivity contribution in [2.24, 2.45) is 0 Å². The lowest BCUT2D eigenvalue weighted by molar-refractivity contribution is 0.104. The maximum atomic E-state index is 10.8. The van der Waals surface area contributed by atoms with Crippen molar-refractivity contribution in [3.63, 3.8) is 0 Å². The van der Waals surface area contributed by atoms with Gasteiger partial charge in [0, 0.05) is 0 Å². The molecule has 2 atom stereocenters. The molecule has 1 unspecified atom stereocenters. The zero-order chi connectivity index (χ0) is 13.1. The first-order valence-electron chi connectivity index (χ1n) is 5.92. The predicted octanol–water partition coefficient (Wildman–Crippen LogP) is 1.54. The molecule has 0 radical (unpaired) electrons. The molecule has 18 heavy (non-hydrogen) atoms. The second-order valence-corrected chi connectivity index (χ2v) is 4.42. The molecule has 2 N–H and O–H groups in total. The number of hydrogen-bond acceptors (Lipinski definition) is 4. The van der Waals surface area contributed by atoms with Crippen LogP contribution in [0.25, 0.3) is 0 Å². The largest absolute Gasteiger partial charge is 0.489 e. The number of alkyl carbamates (subject to hydrolysis) is 1. The Labute approximate surface area is 106 Å². The van der Waals surface area contributed by atoms with Gasteiger partial charge in [0.25, 0.3) is 0 Å². The number of aliphatic hydroxyl groups is 1. The van der Waals surface area contributed by atoms with Crippen molar-refractivity contribution in [2.75, 3.05) is 13.2 Å². The van der Waals surface area contributed by atoms with Gasteiger partial charge < -0.3 is 19.9 Å². The van der Waals surface area contributed by atoms with Gasteiger partial charge in [-0.15, -0.1) is 0 Å². The van der Waals surface area contributed by atoms with Crippen LogP contribution < -0.4 is 10.1 Å². The van der Waals surface area contributed by atoms with Gasteiger partial charge in [-0.2, -0.15) is 0 Å². The highest BCUT2D eigenvalue weighted by atomic mass is 16.6. The maximum absolute atomic E-state index is 10.8. The number of carbonyl (C=O) groups excluding carboxylic acids is 1. The zero-order valence-corrected chi connectivity index (χ0v) is 10.5. The minimum Gasteiger partial charge on any atom is -0.489 e. The summed E-state index contributed by atoms with van der Waals surface area (Å²) in [7, 11) is 0. The molecule has 1 aromatic carbocycles. The average Bonchev–Trinajstić information content (AvgIpc) is 2.73. The number of aryl methyl sites for hydroxylation is 1. The molecule has 0 spiro atoms. The highest BCUT2D eigenvalue weighted by Gasteiger charge is 2.23. The first-order chi connectivity index (χ1) is 8.56. The summed E-state index contributed by atoms with van der Waals surface area (Å²) in [5.41, 5.74) is 1.81. The normalized spacial score (nSPS) is 20.2. The predicted molar refractivity (Wildman–Crippen MR) is 65.6 cm³/mol. The topological polar surface area (TPSA) is 67.8 Å². The van der Waals surface area contributed by atoms with Gasteiger partial charge >= 0.3 is 6.09 Å². The average molecular weight is 251 g/mol. The molecule has 1 aliphatic heterocycles. The molecular weight excluding hydrogens is 234 g/mol. The van der Waals surface area contributed by atoms with E-state index in [1.54, 1.807) is 6.92 Å². The molecule has 2 rings (SSSR count). The fraction of sp³-hybridized carbons (Fsp3) is 0.462. The fourth-order valence-corrected chi connectivity index (χ4v) is 1.80. The fourth-order valence-electron chi connectivity index (χ4n) is 1.80. The molecule has 5 nitrogen and oxygen atoms in total. The lowest BCUT2D eigenvalue weighted by atomic mass is 10.1. The van der Waals surface area contributed by atoms with Crippen LogP contribution in [0.2, 0.25) is 0 Å². The third-order valence-electron chi connectivity index (χ3n) is 2.85. The van der Waals surface area contributed by atoms with Gasteiger partial charge in [0.2, 0.25) is 0 Å². The molecule has 1 saturated heterocycles. The number of hydrogen-bond donors (Lipinski definition) is 2. The number of amides is 1. The van der Waals surface area contributed by atoms with E-state index in [4.69, 9.17) is 9.47 Å². The van der Waals surface area contributed by atoms with Crippen molar-refractivity contribution < 1.29 is 19.4 Å². The first-order valence-corrected chi connectivity index (χ1v) is 5.92. The number of carbonyl (C=O) groups is 1. The molecule has 1 fully saturated rings. The van der Waals surface area contributed by atoms with E-state index < -0.39 is 12.2 Å². The van der Waals surface area contributed by atoms with Crippen LogP contribution in [0.15, 0.2) is 18.2 Å². The van der Waals surface area contributed by atoms with Gasteiger partial charge in [-0.25, -0.2) is 4.79 Å². The first kappa shape index (κ1) is 12.7. The molecule has 1 amide bonds. The summed E-state index contributed by atoms with van der Waals surface area (Å²) < 4.78 is 10.6. The standard InChI is InChI=1S/C13H17NO4/c1-8-5-10(9(2)15)3-4-12(8)17-7-11-6-14-13(16)18-11/h3-5,9,11,15H,6-7H2,1-2H3,(H,14,16)/t9-,11?/m0/s1. The molecule has 0 aromatic heterocycles. The Bertz CT molecular complexity index is 445. The van der Waals surface area contributed by atoms with Crippen molar-refractivity contribution in [1.82, 2.24) is 5.32 Å². The molecule has 98 valence electrons. The summed E-state index contributed by atoms with van der Waals surface area (Å²) in [5, 5.41) is 12.0. The SMILES string of the molecule is Cc1cc([C@H](C)O)ccc1OCC1CNC(=O)O1. The molecular formula is C13H17NO4.